The topological polar surface area (TPSA) is 29.3 Å². The van der Waals surface area contributed by atoms with Gasteiger partial charge in [-0.25, -0.2) is 0 Å². The number of thiol groups is 1. The minimum absolute atomic E-state index is 0.512. The van der Waals surface area contributed by atoms with Crippen molar-refractivity contribution >= 4 is 18.3 Å². The third-order valence-corrected chi connectivity index (χ3v) is 2.23. The molecule has 0 aromatic heterocycles. The average Bonchev–Trinajstić information content (AvgIpc) is 2.03. The second kappa shape index (κ2) is 3.83. The number of anilines is 1. The van der Waals surface area contributed by atoms with Crippen molar-refractivity contribution in [3.63, 3.8) is 0 Å². The largest absolute Gasteiger partial charge is 0.361 e. The van der Waals surface area contributed by atoms with Crippen molar-refractivity contribution in [2.24, 2.45) is 5.73 Å². The van der Waals surface area contributed by atoms with Gasteiger partial charge in [0.2, 0.25) is 0 Å². The Hall–Kier alpha value is -0.670. The smallest absolute Gasteiger partial charge is 0.0654 e. The van der Waals surface area contributed by atoms with E-state index in [0.717, 1.165) is 10.6 Å². The van der Waals surface area contributed by atoms with Crippen LogP contribution in [0.3, 0.4) is 0 Å². The van der Waals surface area contributed by atoms with Gasteiger partial charge in [0.15, 0.2) is 0 Å². The van der Waals surface area contributed by atoms with Gasteiger partial charge >= 0.3 is 0 Å². The van der Waals surface area contributed by atoms with Crippen molar-refractivity contribution in [3.8, 4) is 0 Å². The Morgan fingerprint density at radius 1 is 1.50 bits per heavy atom. The monoisotopic (exact) mass is 182 g/mol. The Morgan fingerprint density at radius 3 is 2.67 bits per heavy atom. The minimum atomic E-state index is 0.512. The summed E-state index contributed by atoms with van der Waals surface area (Å²) in [4.78, 5) is 2.96. The second-order valence-electron chi connectivity index (χ2n) is 2.82. The lowest BCUT2D eigenvalue weighted by Crippen LogP contribution is -2.26. The number of benzene rings is 1. The maximum atomic E-state index is 5.53. The van der Waals surface area contributed by atoms with Crippen LogP contribution in [0.1, 0.15) is 5.56 Å². The Balaban J connectivity index is 3.12. The molecule has 0 unspecified atom stereocenters. The second-order valence-corrected chi connectivity index (χ2v) is 3.30. The zero-order valence-electron chi connectivity index (χ0n) is 7.41. The predicted octanol–water partition coefficient (Wildman–Crippen LogP) is 1.64. The summed E-state index contributed by atoms with van der Waals surface area (Å²) in [7, 11) is 1.96. The fourth-order valence-corrected chi connectivity index (χ4v) is 1.66. The molecule has 0 amide bonds. The first kappa shape index (κ1) is 9.42. The Bertz CT molecular complexity index is 253. The molecule has 0 aliphatic carbocycles. The molecular formula is C9H14N2S. The molecule has 66 valence electrons. The van der Waals surface area contributed by atoms with E-state index in [4.69, 9.17) is 5.73 Å². The van der Waals surface area contributed by atoms with Crippen molar-refractivity contribution in [3.05, 3.63) is 23.8 Å². The van der Waals surface area contributed by atoms with Gasteiger partial charge < -0.3 is 10.6 Å². The van der Waals surface area contributed by atoms with Crippen LogP contribution in [0.25, 0.3) is 0 Å². The summed E-state index contributed by atoms with van der Waals surface area (Å²) in [6.45, 7) is 2.57. The van der Waals surface area contributed by atoms with Gasteiger partial charge in [0.1, 0.15) is 0 Å². The molecule has 0 fully saturated rings. The van der Waals surface area contributed by atoms with E-state index < -0.39 is 0 Å². The van der Waals surface area contributed by atoms with Crippen LogP contribution in [-0.2, 0) is 0 Å². The van der Waals surface area contributed by atoms with Crippen LogP contribution in [0, 0.1) is 6.92 Å². The Kier molecular flexibility index (Phi) is 3.00. The molecule has 3 heteroatoms. The molecule has 12 heavy (non-hydrogen) atoms. The first-order valence-electron chi connectivity index (χ1n) is 3.86. The zero-order valence-corrected chi connectivity index (χ0v) is 8.31. The summed E-state index contributed by atoms with van der Waals surface area (Å²) in [5.74, 6) is 0. The molecule has 2 nitrogen and oxygen atoms in total. The highest BCUT2D eigenvalue weighted by Crippen LogP contribution is 2.26. The number of para-hydroxylation sites is 1. The third-order valence-electron chi connectivity index (χ3n) is 1.87. The summed E-state index contributed by atoms with van der Waals surface area (Å²) < 4.78 is 0. The maximum Gasteiger partial charge on any atom is 0.0654 e. The van der Waals surface area contributed by atoms with Crippen molar-refractivity contribution in [2.75, 3.05) is 18.6 Å². The predicted molar refractivity (Wildman–Crippen MR) is 55.9 cm³/mol. The van der Waals surface area contributed by atoms with E-state index in [1.165, 1.54) is 5.56 Å². The Morgan fingerprint density at radius 2 is 2.17 bits per heavy atom. The molecule has 0 atom stereocenters. The molecule has 0 bridgehead atoms. The van der Waals surface area contributed by atoms with E-state index >= 15 is 0 Å². The quantitative estimate of drug-likeness (QED) is 0.538. The average molecular weight is 182 g/mol. The summed E-state index contributed by atoms with van der Waals surface area (Å²) in [6.07, 6.45) is 0. The minimum Gasteiger partial charge on any atom is -0.361 e. The lowest BCUT2D eigenvalue weighted by atomic mass is 10.2. The summed E-state index contributed by atoms with van der Waals surface area (Å²) in [6, 6.07) is 6.02. The fraction of sp³-hybridized carbons (Fsp3) is 0.333. The standard InChI is InChI=1S/C9H14N2S/c1-7-4-3-5-8(12)9(7)11(2)6-10/h3-5,12H,6,10H2,1-2H3. The molecule has 0 aliphatic rings. The number of hydrogen-bond donors (Lipinski definition) is 2. The number of nitrogens with zero attached hydrogens (tertiary/aromatic N) is 1. The van der Waals surface area contributed by atoms with Crippen LogP contribution in [0.4, 0.5) is 5.69 Å². The number of hydrogen-bond acceptors (Lipinski definition) is 3. The molecule has 0 spiro atoms. The van der Waals surface area contributed by atoms with Crippen molar-refractivity contribution in [2.45, 2.75) is 11.8 Å². The highest BCUT2D eigenvalue weighted by molar-refractivity contribution is 7.80. The van der Waals surface area contributed by atoms with Crippen LogP contribution in [0.5, 0.6) is 0 Å². The SMILES string of the molecule is Cc1cccc(S)c1N(C)CN. The van der Waals surface area contributed by atoms with Crippen molar-refractivity contribution < 1.29 is 0 Å². The molecule has 0 saturated heterocycles. The lowest BCUT2D eigenvalue weighted by Gasteiger charge is -2.20. The van der Waals surface area contributed by atoms with Crippen LogP contribution in [0.15, 0.2) is 23.1 Å². The normalized spacial score (nSPS) is 10.0. The first-order chi connectivity index (χ1) is 5.66. The van der Waals surface area contributed by atoms with Gasteiger partial charge in [-0.05, 0) is 18.6 Å². The van der Waals surface area contributed by atoms with E-state index in [-0.39, 0.29) is 0 Å². The van der Waals surface area contributed by atoms with Crippen LogP contribution in [0.2, 0.25) is 0 Å². The van der Waals surface area contributed by atoms with Gasteiger partial charge in [0.05, 0.1) is 12.4 Å². The van der Waals surface area contributed by atoms with Gasteiger partial charge in [0.25, 0.3) is 0 Å². The van der Waals surface area contributed by atoms with E-state index in [2.05, 4.69) is 25.6 Å². The van der Waals surface area contributed by atoms with Gasteiger partial charge in [-0.1, -0.05) is 12.1 Å². The molecular weight excluding hydrogens is 168 g/mol. The molecule has 1 rings (SSSR count). The highest BCUT2D eigenvalue weighted by atomic mass is 32.1. The van der Waals surface area contributed by atoms with Crippen molar-refractivity contribution in [1.82, 2.24) is 0 Å². The first-order valence-corrected chi connectivity index (χ1v) is 4.31. The number of aryl methyl sites for hydroxylation is 1. The fourth-order valence-electron chi connectivity index (χ4n) is 1.23. The molecule has 0 heterocycles. The molecule has 1 aromatic rings. The maximum absolute atomic E-state index is 5.53. The summed E-state index contributed by atoms with van der Waals surface area (Å²) >= 11 is 4.36. The van der Waals surface area contributed by atoms with Gasteiger partial charge in [-0.15, -0.1) is 12.6 Å². The van der Waals surface area contributed by atoms with Crippen molar-refractivity contribution in [1.29, 1.82) is 0 Å². The lowest BCUT2D eigenvalue weighted by molar-refractivity contribution is 0.914. The van der Waals surface area contributed by atoms with E-state index in [1.54, 1.807) is 0 Å². The van der Waals surface area contributed by atoms with Crippen LogP contribution in [-0.4, -0.2) is 13.7 Å². The van der Waals surface area contributed by atoms with Gasteiger partial charge in [-0.3, -0.25) is 0 Å². The summed E-state index contributed by atoms with van der Waals surface area (Å²) in [5, 5.41) is 0. The van der Waals surface area contributed by atoms with Crippen LogP contribution < -0.4 is 10.6 Å². The molecule has 0 radical (unpaired) electrons. The third kappa shape index (κ3) is 1.73. The molecule has 1 aromatic carbocycles. The number of nitrogens with two attached hydrogens (primary N) is 1. The van der Waals surface area contributed by atoms with E-state index in [0.29, 0.717) is 6.67 Å². The van der Waals surface area contributed by atoms with Crippen LogP contribution >= 0.6 is 12.6 Å². The van der Waals surface area contributed by atoms with Gasteiger partial charge in [-0.2, -0.15) is 0 Å². The highest BCUT2D eigenvalue weighted by Gasteiger charge is 2.05. The van der Waals surface area contributed by atoms with E-state index in [9.17, 15) is 0 Å². The zero-order chi connectivity index (χ0) is 9.14. The summed E-state index contributed by atoms with van der Waals surface area (Å²) in [5.41, 5.74) is 7.85. The Labute approximate surface area is 78.8 Å². The molecule has 0 saturated carbocycles. The molecule has 0 aliphatic heterocycles. The number of rotatable bonds is 2. The molecule has 2 N–H and O–H groups in total. The van der Waals surface area contributed by atoms with Gasteiger partial charge in [0, 0.05) is 11.9 Å². The van der Waals surface area contributed by atoms with E-state index in [1.807, 2.05) is 24.1 Å².